The third kappa shape index (κ3) is 8.08. The molecule has 2 aromatic heterocycles. The average molecular weight is 655 g/mol. The molecule has 5 rings (SSSR count). The second-order valence-electron chi connectivity index (χ2n) is 12.2. The highest BCUT2D eigenvalue weighted by molar-refractivity contribution is 5.96. The molecule has 4 atom stereocenters. The van der Waals surface area contributed by atoms with E-state index in [1.807, 2.05) is 74.5 Å². The van der Waals surface area contributed by atoms with E-state index >= 15 is 0 Å². The Kier molecular flexibility index (Phi) is 10.6. The molecule has 0 radical (unpaired) electrons. The first kappa shape index (κ1) is 33.9. The van der Waals surface area contributed by atoms with Gasteiger partial charge in [-0.2, -0.15) is 5.10 Å². The lowest BCUT2D eigenvalue weighted by molar-refractivity contribution is -0.141. The van der Waals surface area contributed by atoms with E-state index in [0.29, 0.717) is 0 Å². The molecule has 48 heavy (non-hydrogen) atoms. The van der Waals surface area contributed by atoms with Gasteiger partial charge in [-0.1, -0.05) is 48.5 Å². The zero-order chi connectivity index (χ0) is 34.4. The molecule has 4 aromatic rings. The maximum absolute atomic E-state index is 13.8. The molecule has 2 aromatic carbocycles. The number of H-pyrrole nitrogens is 1. The van der Waals surface area contributed by atoms with Crippen molar-refractivity contribution >= 4 is 40.4 Å². The Labute approximate surface area is 278 Å². The fraction of sp³-hybridized carbons (Fsp3) is 0.371. The second-order valence-corrected chi connectivity index (χ2v) is 12.2. The molecule has 0 bridgehead atoms. The molecule has 0 spiro atoms. The van der Waals surface area contributed by atoms with Crippen LogP contribution >= 0.6 is 0 Å². The van der Waals surface area contributed by atoms with Gasteiger partial charge in [-0.25, -0.2) is 0 Å². The summed E-state index contributed by atoms with van der Waals surface area (Å²) < 4.78 is 1.57. The van der Waals surface area contributed by atoms with Crippen molar-refractivity contribution in [3.8, 4) is 0 Å². The molecule has 1 saturated heterocycles. The van der Waals surface area contributed by atoms with Gasteiger partial charge in [0.05, 0.1) is 5.69 Å². The minimum Gasteiger partial charge on any atom is -0.361 e. The number of rotatable bonds is 6. The molecule has 1 fully saturated rings. The zero-order valence-electron chi connectivity index (χ0n) is 27.6. The number of nitrogens with one attached hydrogen (secondary N) is 5. The molecule has 252 valence electrons. The van der Waals surface area contributed by atoms with Gasteiger partial charge >= 0.3 is 0 Å². The number of amides is 5. The Morgan fingerprint density at radius 3 is 2.25 bits per heavy atom. The largest absolute Gasteiger partial charge is 0.361 e. The highest BCUT2D eigenvalue weighted by Crippen LogP contribution is 2.19. The lowest BCUT2D eigenvalue weighted by atomic mass is 10.0. The second kappa shape index (κ2) is 15.0. The minimum absolute atomic E-state index is 0.000174. The summed E-state index contributed by atoms with van der Waals surface area (Å²) in [6.45, 7) is 6.68. The van der Waals surface area contributed by atoms with Gasteiger partial charge in [0.1, 0.15) is 30.7 Å². The van der Waals surface area contributed by atoms with E-state index in [0.717, 1.165) is 33.4 Å². The number of nitrogens with zero attached hydrogens (tertiary/aromatic N) is 3. The van der Waals surface area contributed by atoms with Crippen molar-refractivity contribution in [2.45, 2.75) is 71.2 Å². The standard InChI is InChI=1S/C35H42N8O5/c1-21-16-22(2)43(41-21)20-31(44)42-15-14-36-34(47)29(17-25-10-6-5-7-11-25)39-32(45)23(3)38-35(48)30(40-33(46)24(42)4)18-26-19-37-28-13-9-8-12-27(26)28/h5-13,16,19,23-24,29-30,37H,14-15,17-18,20H2,1-4H3,(H,36,47)(H,38,48)(H,39,45)(H,40,46)/t23-,24+,29-,30+/m0/s1. The number of para-hydroxylation sites is 1. The normalized spacial score (nSPS) is 21.5. The number of hydrogen-bond acceptors (Lipinski definition) is 6. The fourth-order valence-corrected chi connectivity index (χ4v) is 5.91. The van der Waals surface area contributed by atoms with Crippen LogP contribution in [0.3, 0.4) is 0 Å². The highest BCUT2D eigenvalue weighted by Gasteiger charge is 2.33. The van der Waals surface area contributed by atoms with Gasteiger partial charge in [-0.05, 0) is 51.0 Å². The number of hydrogen-bond donors (Lipinski definition) is 5. The highest BCUT2D eigenvalue weighted by atomic mass is 16.2. The monoisotopic (exact) mass is 654 g/mol. The number of benzene rings is 2. The van der Waals surface area contributed by atoms with Crippen molar-refractivity contribution < 1.29 is 24.0 Å². The van der Waals surface area contributed by atoms with Crippen LogP contribution < -0.4 is 21.3 Å². The molecule has 13 nitrogen and oxygen atoms in total. The van der Waals surface area contributed by atoms with Crippen molar-refractivity contribution in [2.24, 2.45) is 0 Å². The number of fused-ring (bicyclic) bond motifs is 1. The van der Waals surface area contributed by atoms with Gasteiger partial charge in [0.15, 0.2) is 0 Å². The predicted octanol–water partition coefficient (Wildman–Crippen LogP) is 1.29. The summed E-state index contributed by atoms with van der Waals surface area (Å²) in [5.41, 5.74) is 4.04. The molecular weight excluding hydrogens is 612 g/mol. The van der Waals surface area contributed by atoms with E-state index in [2.05, 4.69) is 31.3 Å². The van der Waals surface area contributed by atoms with Crippen LogP contribution in [0.4, 0.5) is 0 Å². The van der Waals surface area contributed by atoms with Crippen LogP contribution in [0.5, 0.6) is 0 Å². The van der Waals surface area contributed by atoms with Gasteiger partial charge in [0.2, 0.25) is 29.5 Å². The van der Waals surface area contributed by atoms with Crippen LogP contribution in [0.15, 0.2) is 66.9 Å². The van der Waals surface area contributed by atoms with E-state index in [1.165, 1.54) is 11.8 Å². The van der Waals surface area contributed by atoms with Crippen LogP contribution in [-0.4, -0.2) is 86.5 Å². The summed E-state index contributed by atoms with van der Waals surface area (Å²) >= 11 is 0. The molecule has 0 unspecified atom stereocenters. The summed E-state index contributed by atoms with van der Waals surface area (Å²) in [4.78, 5) is 72.7. The zero-order valence-corrected chi connectivity index (χ0v) is 27.6. The SMILES string of the molecule is Cc1cc(C)n(CC(=O)N2CCNC(=O)[C@H](Cc3ccccc3)NC(=O)[C@H](C)NC(=O)[C@@H](Cc3c[nH]c4ccccc34)NC(=O)[C@H]2C)n1. The van der Waals surface area contributed by atoms with Crippen molar-refractivity contribution in [1.82, 2.24) is 40.9 Å². The van der Waals surface area contributed by atoms with Crippen LogP contribution in [0.25, 0.3) is 10.9 Å². The molecule has 3 heterocycles. The van der Waals surface area contributed by atoms with E-state index in [4.69, 9.17) is 0 Å². The van der Waals surface area contributed by atoms with E-state index in [1.54, 1.807) is 17.8 Å². The lowest BCUT2D eigenvalue weighted by Crippen LogP contribution is -2.57. The number of aromatic amines is 1. The van der Waals surface area contributed by atoms with Crippen molar-refractivity contribution in [1.29, 1.82) is 0 Å². The lowest BCUT2D eigenvalue weighted by Gasteiger charge is -2.30. The third-order valence-corrected chi connectivity index (χ3v) is 8.61. The molecule has 0 saturated carbocycles. The Morgan fingerprint density at radius 2 is 1.52 bits per heavy atom. The summed E-state index contributed by atoms with van der Waals surface area (Å²) in [6, 6.07) is 14.7. The molecule has 1 aliphatic heterocycles. The first-order valence-electron chi connectivity index (χ1n) is 16.1. The Bertz CT molecular complexity index is 1800. The Hall–Kier alpha value is -5.46. The Morgan fingerprint density at radius 1 is 0.833 bits per heavy atom. The summed E-state index contributed by atoms with van der Waals surface area (Å²) in [6.07, 6.45) is 2.12. The van der Waals surface area contributed by atoms with E-state index in [-0.39, 0.29) is 38.4 Å². The number of carbonyl (C=O) groups excluding carboxylic acids is 5. The van der Waals surface area contributed by atoms with Crippen LogP contribution in [-0.2, 0) is 43.4 Å². The first-order valence-corrected chi connectivity index (χ1v) is 16.1. The van der Waals surface area contributed by atoms with Crippen molar-refractivity contribution in [2.75, 3.05) is 13.1 Å². The molecule has 13 heteroatoms. The van der Waals surface area contributed by atoms with Crippen LogP contribution in [0, 0.1) is 13.8 Å². The summed E-state index contributed by atoms with van der Waals surface area (Å²) in [7, 11) is 0. The molecule has 5 amide bonds. The number of aryl methyl sites for hydroxylation is 2. The molecule has 1 aliphatic rings. The average Bonchev–Trinajstić information content (AvgIpc) is 3.62. The van der Waals surface area contributed by atoms with Gasteiger partial charge in [0.25, 0.3) is 0 Å². The maximum atomic E-state index is 13.8. The van der Waals surface area contributed by atoms with Crippen LogP contribution in [0.1, 0.15) is 36.4 Å². The summed E-state index contributed by atoms with van der Waals surface area (Å²) in [5, 5.41) is 16.5. The van der Waals surface area contributed by atoms with Crippen LogP contribution in [0.2, 0.25) is 0 Å². The topological polar surface area (TPSA) is 170 Å². The number of aromatic nitrogens is 3. The van der Waals surface area contributed by atoms with Gasteiger partial charge < -0.3 is 31.2 Å². The van der Waals surface area contributed by atoms with Crippen molar-refractivity contribution in [3.63, 3.8) is 0 Å². The maximum Gasteiger partial charge on any atom is 0.245 e. The molecule has 0 aliphatic carbocycles. The van der Waals surface area contributed by atoms with E-state index < -0.39 is 47.8 Å². The molecule has 5 N–H and O–H groups in total. The van der Waals surface area contributed by atoms with Crippen molar-refractivity contribution in [3.05, 3.63) is 89.4 Å². The fourth-order valence-electron chi connectivity index (χ4n) is 5.91. The quantitative estimate of drug-likeness (QED) is 0.210. The van der Waals surface area contributed by atoms with Gasteiger partial charge in [0, 0.05) is 48.7 Å². The van der Waals surface area contributed by atoms with Gasteiger partial charge in [-0.15, -0.1) is 0 Å². The predicted molar refractivity (Wildman–Crippen MR) is 180 cm³/mol. The summed E-state index contributed by atoms with van der Waals surface area (Å²) in [5.74, 6) is -2.54. The smallest absolute Gasteiger partial charge is 0.245 e. The minimum atomic E-state index is -1.08. The Balaban J connectivity index is 1.45. The third-order valence-electron chi connectivity index (χ3n) is 8.61. The number of carbonyl (C=O) groups is 5. The van der Waals surface area contributed by atoms with Gasteiger partial charge in [-0.3, -0.25) is 28.7 Å². The first-order chi connectivity index (χ1) is 23.0. The molecular formula is C35H42N8O5. The van der Waals surface area contributed by atoms with E-state index in [9.17, 15) is 24.0 Å².